The first-order chi connectivity index (χ1) is 11.8. The third-order valence-corrected chi connectivity index (χ3v) is 3.97. The highest BCUT2D eigenvalue weighted by molar-refractivity contribution is 6.35. The maximum Gasteiger partial charge on any atom is 0.331 e. The molecule has 0 aliphatic rings. The zero-order chi connectivity index (χ0) is 18.4. The maximum absolute atomic E-state index is 11.8. The Morgan fingerprint density at radius 3 is 2.44 bits per heavy atom. The van der Waals surface area contributed by atoms with Crippen molar-refractivity contribution in [3.63, 3.8) is 0 Å². The predicted octanol–water partition coefficient (Wildman–Crippen LogP) is 5.15. The van der Waals surface area contributed by atoms with Gasteiger partial charge in [0.1, 0.15) is 0 Å². The van der Waals surface area contributed by atoms with E-state index in [9.17, 15) is 9.59 Å². The molecule has 0 spiro atoms. The van der Waals surface area contributed by atoms with E-state index in [1.807, 2.05) is 6.92 Å². The predicted molar refractivity (Wildman–Crippen MR) is 101 cm³/mol. The molecule has 0 radical (unpaired) electrons. The summed E-state index contributed by atoms with van der Waals surface area (Å²) in [5.74, 6) is -1.11. The van der Waals surface area contributed by atoms with Crippen LogP contribution in [0.2, 0.25) is 15.1 Å². The van der Waals surface area contributed by atoms with Crippen LogP contribution in [0, 0.1) is 6.92 Å². The molecule has 130 valence electrons. The number of carbonyl (C=O) groups excluding carboxylic acids is 2. The molecule has 1 N–H and O–H groups in total. The number of carbonyl (C=O) groups is 2. The molecule has 0 aliphatic carbocycles. The minimum absolute atomic E-state index is 0.403. The van der Waals surface area contributed by atoms with Gasteiger partial charge in [0.2, 0.25) is 0 Å². The van der Waals surface area contributed by atoms with Crippen LogP contribution in [-0.4, -0.2) is 18.5 Å². The van der Waals surface area contributed by atoms with Gasteiger partial charge < -0.3 is 10.1 Å². The van der Waals surface area contributed by atoms with E-state index in [0.29, 0.717) is 26.3 Å². The van der Waals surface area contributed by atoms with Gasteiger partial charge in [-0.15, -0.1) is 0 Å². The topological polar surface area (TPSA) is 55.4 Å². The lowest BCUT2D eigenvalue weighted by Crippen LogP contribution is -2.20. The second-order valence-electron chi connectivity index (χ2n) is 5.11. The monoisotopic (exact) mass is 397 g/mol. The van der Waals surface area contributed by atoms with Crippen LogP contribution in [0.4, 0.5) is 5.69 Å². The highest BCUT2D eigenvalue weighted by atomic mass is 35.5. The Labute approximate surface area is 160 Å². The van der Waals surface area contributed by atoms with Crippen molar-refractivity contribution in [1.82, 2.24) is 0 Å². The summed E-state index contributed by atoms with van der Waals surface area (Å²) in [4.78, 5) is 23.5. The van der Waals surface area contributed by atoms with Gasteiger partial charge in [-0.1, -0.05) is 40.9 Å². The fraction of sp³-hybridized carbons (Fsp3) is 0.111. The average molecular weight is 399 g/mol. The lowest BCUT2D eigenvalue weighted by atomic mass is 10.2. The van der Waals surface area contributed by atoms with Crippen LogP contribution in [0.3, 0.4) is 0 Å². The van der Waals surface area contributed by atoms with Crippen LogP contribution in [0.1, 0.15) is 11.1 Å². The Balaban J connectivity index is 1.86. The molecule has 0 heterocycles. The molecule has 0 unspecified atom stereocenters. The summed E-state index contributed by atoms with van der Waals surface area (Å²) < 4.78 is 4.89. The molecule has 0 bridgehead atoms. The van der Waals surface area contributed by atoms with Gasteiger partial charge in [-0.05, 0) is 54.5 Å². The molecule has 0 saturated carbocycles. The van der Waals surface area contributed by atoms with Crippen LogP contribution >= 0.6 is 34.8 Å². The van der Waals surface area contributed by atoms with Crippen LogP contribution in [0.25, 0.3) is 6.08 Å². The van der Waals surface area contributed by atoms with Crippen molar-refractivity contribution in [2.24, 2.45) is 0 Å². The Morgan fingerprint density at radius 1 is 1.08 bits per heavy atom. The maximum atomic E-state index is 11.8. The summed E-state index contributed by atoms with van der Waals surface area (Å²) in [7, 11) is 0. The van der Waals surface area contributed by atoms with Crippen molar-refractivity contribution >= 4 is 58.4 Å². The smallest absolute Gasteiger partial charge is 0.331 e. The minimum Gasteiger partial charge on any atom is -0.452 e. The van der Waals surface area contributed by atoms with Gasteiger partial charge in [0.25, 0.3) is 5.91 Å². The molecular weight excluding hydrogens is 385 g/mol. The van der Waals surface area contributed by atoms with Crippen LogP contribution in [-0.2, 0) is 14.3 Å². The van der Waals surface area contributed by atoms with Crippen molar-refractivity contribution in [2.75, 3.05) is 11.9 Å². The Morgan fingerprint density at radius 2 is 1.76 bits per heavy atom. The average Bonchev–Trinajstić information content (AvgIpc) is 2.55. The molecule has 0 fully saturated rings. The molecule has 1 amide bonds. The number of anilines is 1. The Bertz CT molecular complexity index is 834. The van der Waals surface area contributed by atoms with E-state index < -0.39 is 18.5 Å². The number of hydrogen-bond acceptors (Lipinski definition) is 3. The molecule has 2 rings (SSSR count). The number of amides is 1. The standard InChI is InChI=1S/C18H14Cl3NO3/c1-11-8-13(19)5-6-16(11)22-17(23)10-25-18(24)7-3-12-2-4-14(20)9-15(12)21/h2-9H,10H2,1H3,(H,22,23)/b7-3+. The molecule has 4 nitrogen and oxygen atoms in total. The van der Waals surface area contributed by atoms with E-state index in [1.165, 1.54) is 12.2 Å². The second-order valence-corrected chi connectivity index (χ2v) is 6.39. The van der Waals surface area contributed by atoms with Crippen molar-refractivity contribution in [3.8, 4) is 0 Å². The van der Waals surface area contributed by atoms with Gasteiger partial charge in [0.15, 0.2) is 6.61 Å². The summed E-state index contributed by atoms with van der Waals surface area (Å²) >= 11 is 17.6. The first-order valence-corrected chi connectivity index (χ1v) is 8.34. The normalized spacial score (nSPS) is 10.7. The van der Waals surface area contributed by atoms with Crippen LogP contribution in [0.5, 0.6) is 0 Å². The molecule has 25 heavy (non-hydrogen) atoms. The highest BCUT2D eigenvalue weighted by Gasteiger charge is 2.08. The van der Waals surface area contributed by atoms with Gasteiger partial charge in [0, 0.05) is 26.8 Å². The van der Waals surface area contributed by atoms with E-state index in [1.54, 1.807) is 36.4 Å². The summed E-state index contributed by atoms with van der Waals surface area (Å²) in [5, 5.41) is 4.13. The zero-order valence-corrected chi connectivity index (χ0v) is 15.5. The van der Waals surface area contributed by atoms with E-state index in [4.69, 9.17) is 39.5 Å². The van der Waals surface area contributed by atoms with Crippen molar-refractivity contribution in [1.29, 1.82) is 0 Å². The van der Waals surface area contributed by atoms with Crippen LogP contribution < -0.4 is 5.32 Å². The molecule has 0 aliphatic heterocycles. The number of benzene rings is 2. The molecule has 0 saturated heterocycles. The van der Waals surface area contributed by atoms with Gasteiger partial charge in [-0.25, -0.2) is 4.79 Å². The summed E-state index contributed by atoms with van der Waals surface area (Å²) in [5.41, 5.74) is 2.03. The number of rotatable bonds is 5. The minimum atomic E-state index is -0.658. The quantitative estimate of drug-likeness (QED) is 0.560. The number of hydrogen-bond donors (Lipinski definition) is 1. The van der Waals surface area contributed by atoms with E-state index >= 15 is 0 Å². The van der Waals surface area contributed by atoms with Crippen molar-refractivity contribution < 1.29 is 14.3 Å². The molecule has 2 aromatic carbocycles. The summed E-state index contributed by atoms with van der Waals surface area (Å²) in [6.45, 7) is 1.41. The first kappa shape index (κ1) is 19.3. The molecule has 7 heteroatoms. The van der Waals surface area contributed by atoms with Crippen molar-refractivity contribution in [2.45, 2.75) is 6.92 Å². The molecular formula is C18H14Cl3NO3. The molecule has 0 aromatic heterocycles. The molecule has 2 aromatic rings. The highest BCUT2D eigenvalue weighted by Crippen LogP contribution is 2.22. The second kappa shape index (κ2) is 8.90. The molecule has 0 atom stereocenters. The third kappa shape index (κ3) is 6.09. The number of aryl methyl sites for hydroxylation is 1. The lowest BCUT2D eigenvalue weighted by Gasteiger charge is -2.08. The Kier molecular flexibility index (Phi) is 6.88. The van der Waals surface area contributed by atoms with Gasteiger partial charge in [-0.3, -0.25) is 4.79 Å². The number of nitrogens with one attached hydrogen (secondary N) is 1. The van der Waals surface area contributed by atoms with E-state index in [2.05, 4.69) is 5.32 Å². The largest absolute Gasteiger partial charge is 0.452 e. The fourth-order valence-corrected chi connectivity index (χ4v) is 2.63. The van der Waals surface area contributed by atoms with Crippen LogP contribution in [0.15, 0.2) is 42.5 Å². The van der Waals surface area contributed by atoms with Crippen molar-refractivity contribution in [3.05, 3.63) is 68.7 Å². The fourth-order valence-electron chi connectivity index (χ4n) is 1.93. The number of esters is 1. The zero-order valence-electron chi connectivity index (χ0n) is 13.2. The number of halogens is 3. The Hall–Kier alpha value is -2.01. The summed E-state index contributed by atoms with van der Waals surface area (Å²) in [6, 6.07) is 9.96. The first-order valence-electron chi connectivity index (χ1n) is 7.21. The van der Waals surface area contributed by atoms with E-state index in [0.717, 1.165) is 5.56 Å². The van der Waals surface area contributed by atoms with Gasteiger partial charge in [0.05, 0.1) is 0 Å². The van der Waals surface area contributed by atoms with E-state index in [-0.39, 0.29) is 0 Å². The lowest BCUT2D eigenvalue weighted by molar-refractivity contribution is -0.142. The SMILES string of the molecule is Cc1cc(Cl)ccc1NC(=O)COC(=O)/C=C/c1ccc(Cl)cc1Cl. The van der Waals surface area contributed by atoms with Gasteiger partial charge in [-0.2, -0.15) is 0 Å². The van der Waals surface area contributed by atoms with Gasteiger partial charge >= 0.3 is 5.97 Å². The number of ether oxygens (including phenoxy) is 1. The third-order valence-electron chi connectivity index (χ3n) is 3.17. The summed E-state index contributed by atoms with van der Waals surface area (Å²) in [6.07, 6.45) is 2.68.